The van der Waals surface area contributed by atoms with Gasteiger partial charge >= 0.3 is 0 Å². The van der Waals surface area contributed by atoms with Crippen LogP contribution in [0, 0.1) is 0 Å². The molecule has 0 aliphatic carbocycles. The van der Waals surface area contributed by atoms with Crippen LogP contribution in [0.15, 0.2) is 24.3 Å². The Kier molecular flexibility index (Phi) is 6.59. The summed E-state index contributed by atoms with van der Waals surface area (Å²) in [5, 5.41) is 26.0. The largest absolute Gasteiger partial charge is 0.394 e. The number of hydrogen-bond acceptors (Lipinski definition) is 6. The van der Waals surface area contributed by atoms with Gasteiger partial charge in [-0.2, -0.15) is 10.1 Å². The maximum Gasteiger partial charge on any atom is 0.205 e. The molecule has 156 valence electrons. The second-order valence-corrected chi connectivity index (χ2v) is 8.19. The van der Waals surface area contributed by atoms with E-state index in [2.05, 4.69) is 53.1 Å². The van der Waals surface area contributed by atoms with Crippen molar-refractivity contribution in [1.82, 2.24) is 19.7 Å². The van der Waals surface area contributed by atoms with Crippen LogP contribution in [0.1, 0.15) is 58.7 Å². The Morgan fingerprint density at radius 3 is 2.52 bits per heavy atom. The fraction of sp³-hybridized carbons (Fsp3) is 0.476. The Labute approximate surface area is 176 Å². The summed E-state index contributed by atoms with van der Waals surface area (Å²) in [6, 6.07) is 7.52. The van der Waals surface area contributed by atoms with Crippen molar-refractivity contribution in [3.8, 4) is 11.4 Å². The lowest BCUT2D eigenvalue weighted by Gasteiger charge is -2.26. The lowest BCUT2D eigenvalue weighted by molar-refractivity contribution is 0.271. The lowest BCUT2D eigenvalue weighted by Crippen LogP contribution is -2.27. The van der Waals surface area contributed by atoms with Crippen molar-refractivity contribution in [2.24, 2.45) is 0 Å². The Hall–Kier alpha value is -2.38. The van der Waals surface area contributed by atoms with E-state index in [1.54, 1.807) is 0 Å². The number of nitrogens with one attached hydrogen (secondary N) is 2. The maximum atomic E-state index is 9.71. The minimum absolute atomic E-state index is 0.0277. The van der Waals surface area contributed by atoms with Gasteiger partial charge in [-0.05, 0) is 44.4 Å². The molecule has 1 aromatic rings. The third kappa shape index (κ3) is 4.46. The van der Waals surface area contributed by atoms with E-state index < -0.39 is 0 Å². The van der Waals surface area contributed by atoms with Crippen LogP contribution in [0.2, 0.25) is 5.02 Å². The number of halogens is 1. The van der Waals surface area contributed by atoms with Gasteiger partial charge in [-0.25, -0.2) is 0 Å². The summed E-state index contributed by atoms with van der Waals surface area (Å²) in [4.78, 5) is 4.84. The molecule has 2 heterocycles. The average Bonchev–Trinajstić information content (AvgIpc) is 3.11. The number of anilines is 3. The van der Waals surface area contributed by atoms with Crippen molar-refractivity contribution in [3.05, 3.63) is 35.0 Å². The van der Waals surface area contributed by atoms with Gasteiger partial charge in [-0.15, -0.1) is 5.10 Å². The molecule has 0 saturated heterocycles. The predicted octanol–water partition coefficient (Wildman–Crippen LogP) is 5.06. The predicted molar refractivity (Wildman–Crippen MR) is 118 cm³/mol. The molecule has 8 heteroatoms. The molecule has 7 nitrogen and oxygen atoms in total. The number of benzene rings is 1. The fourth-order valence-electron chi connectivity index (χ4n) is 3.28. The smallest absolute Gasteiger partial charge is 0.205 e. The van der Waals surface area contributed by atoms with Gasteiger partial charge in [0.05, 0.1) is 24.0 Å². The summed E-state index contributed by atoms with van der Waals surface area (Å²) in [7, 11) is 0. The minimum Gasteiger partial charge on any atom is -0.394 e. The van der Waals surface area contributed by atoms with Crippen molar-refractivity contribution in [2.45, 2.75) is 59.0 Å². The van der Waals surface area contributed by atoms with Gasteiger partial charge in [0, 0.05) is 16.8 Å². The number of hydrogen-bond donors (Lipinski definition) is 3. The van der Waals surface area contributed by atoms with Gasteiger partial charge in [-0.1, -0.05) is 38.4 Å². The van der Waals surface area contributed by atoms with Crippen LogP contribution in [-0.2, 0) is 0 Å². The van der Waals surface area contributed by atoms with Crippen LogP contribution in [0.4, 0.5) is 17.5 Å². The van der Waals surface area contributed by atoms with Crippen molar-refractivity contribution in [3.63, 3.8) is 0 Å². The first-order valence-electron chi connectivity index (χ1n) is 10.0. The number of aliphatic hydroxyl groups excluding tert-OH is 1. The molecule has 0 aromatic heterocycles. The van der Waals surface area contributed by atoms with Gasteiger partial charge in [-0.3, -0.25) is 0 Å². The minimum atomic E-state index is -0.0950. The van der Waals surface area contributed by atoms with Crippen molar-refractivity contribution < 1.29 is 5.11 Å². The third-order valence-electron chi connectivity index (χ3n) is 4.83. The highest BCUT2D eigenvalue weighted by Gasteiger charge is 2.28. The number of rotatable bonds is 8. The summed E-state index contributed by atoms with van der Waals surface area (Å²) in [5.41, 5.74) is 3.41. The highest BCUT2D eigenvalue weighted by atomic mass is 35.5. The number of aliphatic hydroxyl groups is 1. The van der Waals surface area contributed by atoms with E-state index in [1.807, 2.05) is 31.2 Å². The molecule has 1 unspecified atom stereocenters. The van der Waals surface area contributed by atoms with Crippen molar-refractivity contribution >= 4 is 29.1 Å². The molecule has 0 bridgehead atoms. The maximum absolute atomic E-state index is 9.71. The normalized spacial score (nSPS) is 12.7. The molecule has 0 spiro atoms. The van der Waals surface area contributed by atoms with E-state index in [9.17, 15) is 5.11 Å². The molecule has 0 amide bonds. The molecule has 1 aromatic carbocycles. The van der Waals surface area contributed by atoms with Crippen LogP contribution < -0.4 is 10.6 Å². The third-order valence-corrected chi connectivity index (χ3v) is 5.07. The van der Waals surface area contributed by atoms with E-state index in [-0.39, 0.29) is 24.6 Å². The van der Waals surface area contributed by atoms with Crippen LogP contribution in [0.3, 0.4) is 0 Å². The summed E-state index contributed by atoms with van der Waals surface area (Å²) >= 11 is 6.15. The lowest BCUT2D eigenvalue weighted by atomic mass is 10.1. The summed E-state index contributed by atoms with van der Waals surface area (Å²) < 4.78 is 2.12. The van der Waals surface area contributed by atoms with Crippen LogP contribution >= 0.6 is 11.6 Å². The standard InChI is InChI=1S/C21H29ClN6O/c1-6-15(11-29)24-21-25-20(23-16-9-7-8-14(22)10-16)18-19(28(21)13(4)5)17(12(2)3)26-27-18/h7-10,12-13,15,23,29H,6,11H2,1-5H3,(H,24,25). The molecular weight excluding hydrogens is 388 g/mol. The Balaban J connectivity index is 2.20. The first kappa shape index (κ1) is 21.3. The van der Waals surface area contributed by atoms with Gasteiger partial charge in [0.25, 0.3) is 0 Å². The molecular formula is C21H29ClN6O. The second-order valence-electron chi connectivity index (χ2n) is 7.75. The Morgan fingerprint density at radius 1 is 1.17 bits per heavy atom. The molecule has 3 rings (SSSR count). The highest BCUT2D eigenvalue weighted by Crippen LogP contribution is 2.38. The zero-order chi connectivity index (χ0) is 21.1. The SMILES string of the molecule is CCC(CO)Nc1nc(Nc2cccc(Cl)c2)c2nnc(C(C)C)c-2n1C(C)C. The van der Waals surface area contributed by atoms with Crippen LogP contribution in [0.25, 0.3) is 11.4 Å². The van der Waals surface area contributed by atoms with Crippen molar-refractivity contribution in [2.75, 3.05) is 17.2 Å². The zero-order valence-electron chi connectivity index (χ0n) is 17.6. The van der Waals surface area contributed by atoms with Gasteiger partial charge in [0.2, 0.25) is 5.95 Å². The van der Waals surface area contributed by atoms with E-state index in [1.165, 1.54) is 0 Å². The van der Waals surface area contributed by atoms with Crippen LogP contribution in [0.5, 0.6) is 0 Å². The second kappa shape index (κ2) is 8.97. The Morgan fingerprint density at radius 2 is 1.93 bits per heavy atom. The number of aromatic nitrogens is 4. The molecule has 0 radical (unpaired) electrons. The van der Waals surface area contributed by atoms with E-state index in [0.717, 1.165) is 23.5 Å². The monoisotopic (exact) mass is 416 g/mol. The molecule has 0 saturated carbocycles. The zero-order valence-corrected chi connectivity index (χ0v) is 18.3. The first-order chi connectivity index (χ1) is 13.8. The van der Waals surface area contributed by atoms with Crippen molar-refractivity contribution in [1.29, 1.82) is 0 Å². The van der Waals surface area contributed by atoms with E-state index >= 15 is 0 Å². The summed E-state index contributed by atoms with van der Waals surface area (Å²) in [5.74, 6) is 1.49. The number of nitrogens with zero attached hydrogens (tertiary/aromatic N) is 4. The highest BCUT2D eigenvalue weighted by molar-refractivity contribution is 6.30. The summed E-state index contributed by atoms with van der Waals surface area (Å²) in [6.45, 7) is 10.5. The van der Waals surface area contributed by atoms with Gasteiger partial charge in [0.1, 0.15) is 0 Å². The van der Waals surface area contributed by atoms with Crippen LogP contribution in [-0.4, -0.2) is 37.5 Å². The molecule has 1 atom stereocenters. The molecule has 3 N–H and O–H groups in total. The first-order valence-corrected chi connectivity index (χ1v) is 10.4. The molecule has 2 aliphatic heterocycles. The molecule has 2 aliphatic rings. The Bertz CT molecular complexity index is 935. The fourth-order valence-corrected chi connectivity index (χ4v) is 3.47. The van der Waals surface area contributed by atoms with E-state index in [4.69, 9.17) is 16.6 Å². The summed E-state index contributed by atoms with van der Waals surface area (Å²) in [6.07, 6.45) is 0.778. The number of fused-ring (bicyclic) bond motifs is 1. The van der Waals surface area contributed by atoms with E-state index in [0.29, 0.717) is 22.5 Å². The average molecular weight is 417 g/mol. The topological polar surface area (TPSA) is 87.9 Å². The molecule has 0 fully saturated rings. The van der Waals surface area contributed by atoms with Gasteiger partial charge < -0.3 is 20.3 Å². The molecule has 29 heavy (non-hydrogen) atoms. The quantitative estimate of drug-likeness (QED) is 0.475. The van der Waals surface area contributed by atoms with Gasteiger partial charge in [0.15, 0.2) is 11.5 Å².